The minimum atomic E-state index is -0.107. The third kappa shape index (κ3) is 4.15. The molecule has 0 saturated carbocycles. The number of aryl methyl sites for hydroxylation is 2. The number of ether oxygens (including phenoxy) is 2. The first-order chi connectivity index (χ1) is 10.1. The van der Waals surface area contributed by atoms with Crippen LogP contribution in [0.15, 0.2) is 0 Å². The second-order valence-electron chi connectivity index (χ2n) is 4.97. The quantitative estimate of drug-likeness (QED) is 0.837. The number of methoxy groups -OCH3 is 1. The Morgan fingerprint density at radius 3 is 3.00 bits per heavy atom. The van der Waals surface area contributed by atoms with E-state index < -0.39 is 0 Å². The van der Waals surface area contributed by atoms with Crippen molar-refractivity contribution in [2.75, 3.05) is 33.4 Å². The molecule has 1 aromatic heterocycles. The van der Waals surface area contributed by atoms with Gasteiger partial charge in [-0.2, -0.15) is 15.0 Å². The van der Waals surface area contributed by atoms with Crippen LogP contribution < -0.4 is 5.32 Å². The van der Waals surface area contributed by atoms with Crippen molar-refractivity contribution in [2.45, 2.75) is 33.0 Å². The zero-order valence-corrected chi connectivity index (χ0v) is 12.8. The third-order valence-corrected chi connectivity index (χ3v) is 3.39. The predicted molar refractivity (Wildman–Crippen MR) is 75.9 cm³/mol. The van der Waals surface area contributed by atoms with Crippen LogP contribution in [0.2, 0.25) is 0 Å². The van der Waals surface area contributed by atoms with Crippen LogP contribution in [0.5, 0.6) is 0 Å². The van der Waals surface area contributed by atoms with Crippen LogP contribution in [0.1, 0.15) is 18.3 Å². The molecule has 0 bridgehead atoms. The van der Waals surface area contributed by atoms with Crippen molar-refractivity contribution in [1.82, 2.24) is 25.2 Å². The standard InChI is InChI=1S/C13H23N5O3/c1-4-18-15-10(2)12(16-18)7-14-13(19)17-5-6-21-11(8-17)9-20-3/h11H,4-9H2,1-3H3,(H,14,19). The van der Waals surface area contributed by atoms with E-state index in [9.17, 15) is 4.79 Å². The first kappa shape index (κ1) is 15.7. The summed E-state index contributed by atoms with van der Waals surface area (Å²) in [6.07, 6.45) is -0.0581. The molecule has 0 aliphatic carbocycles. The Labute approximate surface area is 124 Å². The molecule has 118 valence electrons. The maximum atomic E-state index is 12.2. The van der Waals surface area contributed by atoms with Crippen LogP contribution in [-0.4, -0.2) is 65.4 Å². The highest BCUT2D eigenvalue weighted by molar-refractivity contribution is 5.74. The van der Waals surface area contributed by atoms with E-state index >= 15 is 0 Å². The number of nitrogens with zero attached hydrogens (tertiary/aromatic N) is 4. The molecule has 1 fully saturated rings. The minimum absolute atomic E-state index is 0.0581. The molecule has 8 heteroatoms. The van der Waals surface area contributed by atoms with E-state index in [1.807, 2.05) is 13.8 Å². The third-order valence-electron chi connectivity index (χ3n) is 3.39. The number of carbonyl (C=O) groups is 1. The Morgan fingerprint density at radius 1 is 1.52 bits per heavy atom. The summed E-state index contributed by atoms with van der Waals surface area (Å²) in [4.78, 5) is 15.5. The molecule has 1 unspecified atom stereocenters. The summed E-state index contributed by atoms with van der Waals surface area (Å²) in [5.74, 6) is 0. The normalized spacial score (nSPS) is 18.8. The number of nitrogens with one attached hydrogen (secondary N) is 1. The van der Waals surface area contributed by atoms with Crippen molar-refractivity contribution in [1.29, 1.82) is 0 Å². The number of carbonyl (C=O) groups excluding carboxylic acids is 1. The maximum Gasteiger partial charge on any atom is 0.317 e. The lowest BCUT2D eigenvalue weighted by atomic mass is 10.3. The summed E-state index contributed by atoms with van der Waals surface area (Å²) in [6.45, 7) is 7.14. The minimum Gasteiger partial charge on any atom is -0.382 e. The lowest BCUT2D eigenvalue weighted by Crippen LogP contribution is -2.50. The molecule has 1 aromatic rings. The Bertz CT molecular complexity index is 474. The molecular formula is C13H23N5O3. The van der Waals surface area contributed by atoms with E-state index in [2.05, 4.69) is 15.5 Å². The number of hydrogen-bond donors (Lipinski definition) is 1. The van der Waals surface area contributed by atoms with E-state index in [1.165, 1.54) is 0 Å². The van der Waals surface area contributed by atoms with E-state index in [-0.39, 0.29) is 12.1 Å². The Kier molecular flexibility index (Phi) is 5.51. The van der Waals surface area contributed by atoms with Gasteiger partial charge < -0.3 is 19.7 Å². The fraction of sp³-hybridized carbons (Fsp3) is 0.769. The van der Waals surface area contributed by atoms with Gasteiger partial charge in [0.1, 0.15) is 5.69 Å². The molecular weight excluding hydrogens is 274 g/mol. The van der Waals surface area contributed by atoms with Crippen LogP contribution in [-0.2, 0) is 22.6 Å². The molecule has 0 aromatic carbocycles. The van der Waals surface area contributed by atoms with Crippen molar-refractivity contribution in [3.63, 3.8) is 0 Å². The summed E-state index contributed by atoms with van der Waals surface area (Å²) in [5.41, 5.74) is 1.64. The monoisotopic (exact) mass is 297 g/mol. The molecule has 21 heavy (non-hydrogen) atoms. The second-order valence-corrected chi connectivity index (χ2v) is 4.97. The van der Waals surface area contributed by atoms with Crippen LogP contribution in [0.25, 0.3) is 0 Å². The van der Waals surface area contributed by atoms with E-state index in [0.717, 1.165) is 17.9 Å². The number of urea groups is 1. The van der Waals surface area contributed by atoms with Crippen molar-refractivity contribution >= 4 is 6.03 Å². The van der Waals surface area contributed by atoms with Gasteiger partial charge in [0.25, 0.3) is 0 Å². The molecule has 1 atom stereocenters. The van der Waals surface area contributed by atoms with Gasteiger partial charge in [0.15, 0.2) is 0 Å². The number of hydrogen-bond acceptors (Lipinski definition) is 5. The van der Waals surface area contributed by atoms with Gasteiger partial charge in [0, 0.05) is 13.7 Å². The number of amides is 2. The number of aromatic nitrogens is 3. The van der Waals surface area contributed by atoms with Crippen molar-refractivity contribution in [2.24, 2.45) is 0 Å². The number of morpholine rings is 1. The van der Waals surface area contributed by atoms with Crippen molar-refractivity contribution < 1.29 is 14.3 Å². The summed E-state index contributed by atoms with van der Waals surface area (Å²) >= 11 is 0. The largest absolute Gasteiger partial charge is 0.382 e. The van der Waals surface area contributed by atoms with E-state index in [1.54, 1.807) is 16.8 Å². The summed E-state index contributed by atoms with van der Waals surface area (Å²) in [7, 11) is 1.63. The zero-order chi connectivity index (χ0) is 15.2. The van der Waals surface area contributed by atoms with Gasteiger partial charge in [-0.05, 0) is 13.8 Å². The van der Waals surface area contributed by atoms with Gasteiger partial charge >= 0.3 is 6.03 Å². The molecule has 1 N–H and O–H groups in total. The zero-order valence-electron chi connectivity index (χ0n) is 12.8. The van der Waals surface area contributed by atoms with Crippen molar-refractivity contribution in [3.8, 4) is 0 Å². The van der Waals surface area contributed by atoms with Crippen LogP contribution in [0.3, 0.4) is 0 Å². The van der Waals surface area contributed by atoms with Gasteiger partial charge in [-0.25, -0.2) is 4.79 Å². The highest BCUT2D eigenvalue weighted by atomic mass is 16.5. The molecule has 1 saturated heterocycles. The topological polar surface area (TPSA) is 81.5 Å². The number of rotatable bonds is 5. The lowest BCUT2D eigenvalue weighted by molar-refractivity contribution is -0.0494. The second kappa shape index (κ2) is 7.37. The summed E-state index contributed by atoms with van der Waals surface area (Å²) in [6, 6.07) is -0.107. The highest BCUT2D eigenvalue weighted by Gasteiger charge is 2.24. The average Bonchev–Trinajstić information content (AvgIpc) is 2.86. The molecule has 0 radical (unpaired) electrons. The van der Waals surface area contributed by atoms with Crippen LogP contribution in [0.4, 0.5) is 4.79 Å². The smallest absolute Gasteiger partial charge is 0.317 e. The van der Waals surface area contributed by atoms with Gasteiger partial charge in [-0.3, -0.25) is 0 Å². The molecule has 1 aliphatic heterocycles. The fourth-order valence-electron chi connectivity index (χ4n) is 2.23. The molecule has 8 nitrogen and oxygen atoms in total. The molecule has 0 spiro atoms. The van der Waals surface area contributed by atoms with Gasteiger partial charge in [0.05, 0.1) is 44.6 Å². The SMILES string of the molecule is CCn1nc(C)c(CNC(=O)N2CCOC(COC)C2)n1. The van der Waals surface area contributed by atoms with Crippen molar-refractivity contribution in [3.05, 3.63) is 11.4 Å². The average molecular weight is 297 g/mol. The Hall–Kier alpha value is -1.67. The highest BCUT2D eigenvalue weighted by Crippen LogP contribution is 2.07. The summed E-state index contributed by atoms with van der Waals surface area (Å²) in [5, 5.41) is 11.5. The maximum absolute atomic E-state index is 12.2. The lowest BCUT2D eigenvalue weighted by Gasteiger charge is -2.32. The molecule has 2 heterocycles. The molecule has 2 amide bonds. The summed E-state index contributed by atoms with van der Waals surface area (Å²) < 4.78 is 10.6. The molecule has 2 rings (SSSR count). The first-order valence-corrected chi connectivity index (χ1v) is 7.18. The van der Waals surface area contributed by atoms with Gasteiger partial charge in [-0.1, -0.05) is 0 Å². The fourth-order valence-corrected chi connectivity index (χ4v) is 2.23. The Morgan fingerprint density at radius 2 is 2.33 bits per heavy atom. The molecule has 1 aliphatic rings. The van der Waals surface area contributed by atoms with E-state index in [4.69, 9.17) is 9.47 Å². The van der Waals surface area contributed by atoms with E-state index in [0.29, 0.717) is 32.8 Å². The Balaban J connectivity index is 1.84. The van der Waals surface area contributed by atoms with Crippen LogP contribution in [0, 0.1) is 6.92 Å². The first-order valence-electron chi connectivity index (χ1n) is 7.18. The predicted octanol–water partition coefficient (Wildman–Crippen LogP) is 0.163. The van der Waals surface area contributed by atoms with Gasteiger partial charge in [0.2, 0.25) is 0 Å². The van der Waals surface area contributed by atoms with Gasteiger partial charge in [-0.15, -0.1) is 0 Å². The van der Waals surface area contributed by atoms with Crippen LogP contribution >= 0.6 is 0 Å².